The molecule has 0 saturated carbocycles. The predicted octanol–water partition coefficient (Wildman–Crippen LogP) is 2.38. The van der Waals surface area contributed by atoms with E-state index in [9.17, 15) is 39.0 Å². The summed E-state index contributed by atoms with van der Waals surface area (Å²) in [5, 5.41) is 58.4. The van der Waals surface area contributed by atoms with Crippen LogP contribution in [-0.4, -0.2) is 92.3 Å². The number of hydrogen-bond donors (Lipinski definition) is 10. The predicted molar refractivity (Wildman–Crippen MR) is 175 cm³/mol. The highest BCUT2D eigenvalue weighted by atomic mass is 16.4. The van der Waals surface area contributed by atoms with Crippen LogP contribution in [0.3, 0.4) is 0 Å². The molecule has 2 aromatic carbocycles. The zero-order valence-electron chi connectivity index (χ0n) is 26.0. The Morgan fingerprint density at radius 3 is 1.10 bits per heavy atom. The quantitative estimate of drug-likeness (QED) is 0.0593. The molecule has 0 aliphatic heterocycles. The van der Waals surface area contributed by atoms with E-state index in [0.717, 1.165) is 38.5 Å². The molecule has 0 amide bonds. The molecule has 0 spiro atoms. The average Bonchev–Trinajstić information content (AvgIpc) is 3.03. The number of nitrogens with two attached hydrogens (primary N) is 2. The largest absolute Gasteiger partial charge is 0.507 e. The molecule has 16 heteroatoms. The Morgan fingerprint density at radius 2 is 0.833 bits per heavy atom. The van der Waals surface area contributed by atoms with Crippen molar-refractivity contribution < 1.29 is 59.4 Å². The summed E-state index contributed by atoms with van der Waals surface area (Å²) < 4.78 is 0. The van der Waals surface area contributed by atoms with Crippen molar-refractivity contribution in [2.45, 2.75) is 38.5 Å². The van der Waals surface area contributed by atoms with Crippen molar-refractivity contribution >= 4 is 46.8 Å². The van der Waals surface area contributed by atoms with Gasteiger partial charge in [-0.25, -0.2) is 19.2 Å². The maximum atomic E-state index is 13.4. The van der Waals surface area contributed by atoms with Crippen LogP contribution in [0.25, 0.3) is 0 Å². The van der Waals surface area contributed by atoms with E-state index in [0.29, 0.717) is 61.9 Å². The summed E-state index contributed by atoms with van der Waals surface area (Å²) in [6, 6.07) is 6.01. The maximum Gasteiger partial charge on any atom is 0.328 e. The normalized spacial score (nSPS) is 11.5. The van der Waals surface area contributed by atoms with E-state index in [-0.39, 0.29) is 33.8 Å². The molecule has 260 valence electrons. The summed E-state index contributed by atoms with van der Waals surface area (Å²) in [4.78, 5) is 65.1. The van der Waals surface area contributed by atoms with Crippen LogP contribution < -0.4 is 22.1 Å². The van der Waals surface area contributed by atoms with Gasteiger partial charge < -0.3 is 52.7 Å². The van der Waals surface area contributed by atoms with Crippen molar-refractivity contribution in [2.75, 3.05) is 36.8 Å². The zero-order valence-corrected chi connectivity index (χ0v) is 26.0. The Hall–Kier alpha value is -5.74. The fraction of sp³-hybridized carbons (Fsp3) is 0.312. The first-order valence-corrected chi connectivity index (χ1v) is 14.7. The Morgan fingerprint density at radius 1 is 0.521 bits per heavy atom. The van der Waals surface area contributed by atoms with Gasteiger partial charge in [0, 0.05) is 48.8 Å². The first-order chi connectivity index (χ1) is 22.8. The van der Waals surface area contributed by atoms with E-state index in [1.807, 2.05) is 0 Å². The molecule has 12 N–H and O–H groups in total. The van der Waals surface area contributed by atoms with E-state index in [1.54, 1.807) is 12.1 Å². The molecular formula is C32H40N4O12. The number of carboxylic acid groups (broad SMARTS) is 4. The number of phenolic OH excluding ortho intramolecular Hbond substituents is 2. The number of fused-ring (bicyclic) bond motifs is 2. The number of anilines is 2. The van der Waals surface area contributed by atoms with Crippen molar-refractivity contribution in [1.29, 1.82) is 0 Å². The monoisotopic (exact) mass is 672 g/mol. The second kappa shape index (κ2) is 21.1. The summed E-state index contributed by atoms with van der Waals surface area (Å²) in [6.07, 6.45) is 7.73. The Bertz CT molecular complexity index is 1390. The number of carbonyl (C=O) groups is 6. The van der Waals surface area contributed by atoms with Crippen LogP contribution in [0.1, 0.15) is 70.4 Å². The number of benzene rings is 2. The van der Waals surface area contributed by atoms with Gasteiger partial charge in [0.15, 0.2) is 0 Å². The van der Waals surface area contributed by atoms with Crippen molar-refractivity contribution in [2.24, 2.45) is 11.5 Å². The summed E-state index contributed by atoms with van der Waals surface area (Å²) in [5.41, 5.74) is 12.3. The van der Waals surface area contributed by atoms with Gasteiger partial charge in [-0.15, -0.1) is 0 Å². The van der Waals surface area contributed by atoms with Crippen LogP contribution >= 0.6 is 0 Å². The van der Waals surface area contributed by atoms with E-state index >= 15 is 0 Å². The lowest BCUT2D eigenvalue weighted by atomic mass is 9.81. The number of carboxylic acids is 4. The molecule has 1 aliphatic rings. The van der Waals surface area contributed by atoms with E-state index in [4.69, 9.17) is 31.9 Å². The molecule has 3 rings (SSSR count). The minimum absolute atomic E-state index is 0.159. The third-order valence-corrected chi connectivity index (χ3v) is 6.40. The van der Waals surface area contributed by atoms with Gasteiger partial charge in [-0.2, -0.15) is 0 Å². The van der Waals surface area contributed by atoms with Crippen LogP contribution in [0.15, 0.2) is 48.6 Å². The lowest BCUT2D eigenvalue weighted by molar-refractivity contribution is -0.134. The number of unbranched alkanes of at least 4 members (excludes halogenated alkanes) is 4. The Labute approximate surface area is 275 Å². The summed E-state index contributed by atoms with van der Waals surface area (Å²) in [7, 11) is 0. The van der Waals surface area contributed by atoms with Gasteiger partial charge in [-0.05, 0) is 63.0 Å². The van der Waals surface area contributed by atoms with E-state index < -0.39 is 35.4 Å². The molecule has 0 saturated heterocycles. The van der Waals surface area contributed by atoms with E-state index in [2.05, 4.69) is 10.6 Å². The van der Waals surface area contributed by atoms with Crippen molar-refractivity contribution in [1.82, 2.24) is 0 Å². The first kappa shape index (κ1) is 40.3. The number of hydrogen-bond acceptors (Lipinski definition) is 12. The minimum atomic E-state index is -1.26. The number of phenols is 2. The molecule has 0 fully saturated rings. The highest BCUT2D eigenvalue weighted by Gasteiger charge is 2.37. The second-order valence-electron chi connectivity index (χ2n) is 9.99. The number of aromatic hydroxyl groups is 2. The fourth-order valence-corrected chi connectivity index (χ4v) is 4.28. The van der Waals surface area contributed by atoms with Gasteiger partial charge in [0.2, 0.25) is 11.6 Å². The molecule has 0 aromatic heterocycles. The van der Waals surface area contributed by atoms with Gasteiger partial charge in [0.25, 0.3) is 0 Å². The van der Waals surface area contributed by atoms with Crippen molar-refractivity contribution in [3.8, 4) is 11.5 Å². The molecule has 0 atom stereocenters. The van der Waals surface area contributed by atoms with Crippen LogP contribution in [0.4, 0.5) is 11.4 Å². The smallest absolute Gasteiger partial charge is 0.328 e. The van der Waals surface area contributed by atoms with Gasteiger partial charge in [-0.3, -0.25) is 9.59 Å². The molecule has 0 unspecified atom stereocenters. The van der Waals surface area contributed by atoms with Crippen LogP contribution in [0.2, 0.25) is 0 Å². The number of ketones is 2. The number of nitrogens with one attached hydrogen (secondary N) is 2. The lowest BCUT2D eigenvalue weighted by Crippen LogP contribution is -2.25. The van der Waals surface area contributed by atoms with Crippen LogP contribution in [0, 0.1) is 0 Å². The zero-order chi connectivity index (χ0) is 36.2. The van der Waals surface area contributed by atoms with Crippen LogP contribution in [0.5, 0.6) is 11.5 Å². The SMILES string of the molecule is NCCCCCNc1ccc(NCCCCCN)c2c1C(=O)c1c(O)ccc(O)c1C2=O.O=C(O)/C=C\C(=O)O.O=C(O)/C=C\C(=O)O. The summed E-state index contributed by atoms with van der Waals surface area (Å²) >= 11 is 0. The number of carbonyl (C=O) groups excluding carboxylic acids is 2. The topological polar surface area (TPSA) is 300 Å². The molecule has 48 heavy (non-hydrogen) atoms. The van der Waals surface area contributed by atoms with Gasteiger partial charge in [0.05, 0.1) is 22.3 Å². The van der Waals surface area contributed by atoms with Crippen molar-refractivity contribution in [3.63, 3.8) is 0 Å². The van der Waals surface area contributed by atoms with Crippen LogP contribution in [-0.2, 0) is 19.2 Å². The Kier molecular flexibility index (Phi) is 17.7. The molecule has 2 aromatic rings. The maximum absolute atomic E-state index is 13.4. The standard InChI is InChI=1S/C24H32N4O4.2C4H4O4/c25-11-3-1-5-13-27-15-7-8-16(28-14-6-2-4-12-26)20-19(15)23(31)21-17(29)9-10-18(30)22(21)24(20)32;2*5-3(6)1-2-4(7)8/h7-10,27-30H,1-6,11-14,25-26H2;2*1-2H,(H,5,6)(H,7,8)/b;2*2-1-. The second-order valence-corrected chi connectivity index (χ2v) is 9.99. The average molecular weight is 673 g/mol. The highest BCUT2D eigenvalue weighted by molar-refractivity contribution is 6.33. The Balaban J connectivity index is 0.000000594. The first-order valence-electron chi connectivity index (χ1n) is 14.7. The lowest BCUT2D eigenvalue weighted by Gasteiger charge is -2.25. The summed E-state index contributed by atoms with van der Waals surface area (Å²) in [5.74, 6) is -6.65. The van der Waals surface area contributed by atoms with Gasteiger partial charge in [-0.1, -0.05) is 12.8 Å². The molecule has 0 heterocycles. The van der Waals surface area contributed by atoms with E-state index in [1.165, 1.54) is 12.1 Å². The van der Waals surface area contributed by atoms with Gasteiger partial charge in [0.1, 0.15) is 11.5 Å². The number of aliphatic carboxylic acids is 4. The van der Waals surface area contributed by atoms with Crippen molar-refractivity contribution in [3.05, 3.63) is 70.8 Å². The molecular weight excluding hydrogens is 632 g/mol. The fourth-order valence-electron chi connectivity index (χ4n) is 4.28. The molecule has 0 bridgehead atoms. The molecule has 16 nitrogen and oxygen atoms in total. The molecule has 0 radical (unpaired) electrons. The van der Waals surface area contributed by atoms with Gasteiger partial charge >= 0.3 is 23.9 Å². The molecule has 1 aliphatic carbocycles. The third-order valence-electron chi connectivity index (χ3n) is 6.40. The number of rotatable bonds is 16. The minimum Gasteiger partial charge on any atom is -0.507 e. The summed E-state index contributed by atoms with van der Waals surface area (Å²) in [6.45, 7) is 2.51. The third kappa shape index (κ3) is 13.3. The highest BCUT2D eigenvalue weighted by Crippen LogP contribution is 2.42.